The summed E-state index contributed by atoms with van der Waals surface area (Å²) < 4.78 is 37.5. The van der Waals surface area contributed by atoms with Gasteiger partial charge in [0, 0.05) is 12.1 Å². The first-order chi connectivity index (χ1) is 9.47. The Labute approximate surface area is 117 Å². The third-order valence-corrected chi connectivity index (χ3v) is 3.80. The average Bonchev–Trinajstić information content (AvgIpc) is 2.66. The van der Waals surface area contributed by atoms with Crippen molar-refractivity contribution in [3.63, 3.8) is 0 Å². The van der Waals surface area contributed by atoms with Crippen LogP contribution in [0.5, 0.6) is 0 Å². The van der Waals surface area contributed by atoms with Crippen molar-refractivity contribution in [2.45, 2.75) is 44.4 Å². The fraction of sp³-hybridized carbons (Fsp3) is 0.600. The highest BCUT2D eigenvalue weighted by Gasteiger charge is 2.30. The van der Waals surface area contributed by atoms with E-state index in [9.17, 15) is 13.2 Å². The highest BCUT2D eigenvalue weighted by Crippen LogP contribution is 2.30. The van der Waals surface area contributed by atoms with Crippen LogP contribution in [-0.2, 0) is 6.18 Å². The quantitative estimate of drug-likeness (QED) is 0.888. The van der Waals surface area contributed by atoms with Gasteiger partial charge in [-0.15, -0.1) is 0 Å². The summed E-state index contributed by atoms with van der Waals surface area (Å²) in [6, 6.07) is 5.94. The molecule has 0 bridgehead atoms. The van der Waals surface area contributed by atoms with Crippen molar-refractivity contribution in [3.8, 4) is 0 Å². The van der Waals surface area contributed by atoms with E-state index < -0.39 is 11.7 Å². The molecule has 1 aliphatic rings. The zero-order valence-corrected chi connectivity index (χ0v) is 11.6. The Morgan fingerprint density at radius 3 is 2.50 bits per heavy atom. The van der Waals surface area contributed by atoms with Gasteiger partial charge in [-0.2, -0.15) is 13.2 Å². The minimum atomic E-state index is -4.26. The molecule has 112 valence electrons. The Morgan fingerprint density at radius 2 is 1.85 bits per heavy atom. The monoisotopic (exact) mass is 286 g/mol. The van der Waals surface area contributed by atoms with Crippen molar-refractivity contribution in [2.24, 2.45) is 0 Å². The third-order valence-electron chi connectivity index (χ3n) is 3.80. The number of halogens is 3. The van der Waals surface area contributed by atoms with Crippen LogP contribution in [0.4, 0.5) is 13.2 Å². The van der Waals surface area contributed by atoms with E-state index in [4.69, 9.17) is 0 Å². The highest BCUT2D eigenvalue weighted by molar-refractivity contribution is 5.26. The average molecular weight is 286 g/mol. The highest BCUT2D eigenvalue weighted by atomic mass is 19.4. The SMILES string of the molecule is CC(NC1CCCNCC1)c1ccc(C(F)(F)F)cc1. The predicted octanol–water partition coefficient (Wildman–Crippen LogP) is 3.50. The number of alkyl halides is 3. The van der Waals surface area contributed by atoms with E-state index in [1.165, 1.54) is 0 Å². The maximum atomic E-state index is 12.5. The van der Waals surface area contributed by atoms with E-state index >= 15 is 0 Å². The molecule has 0 aliphatic carbocycles. The van der Waals surface area contributed by atoms with Crippen LogP contribution >= 0.6 is 0 Å². The molecule has 1 aromatic rings. The molecule has 5 heteroatoms. The second kappa shape index (κ2) is 6.59. The first-order valence-electron chi connectivity index (χ1n) is 7.11. The predicted molar refractivity (Wildman–Crippen MR) is 73.5 cm³/mol. The topological polar surface area (TPSA) is 24.1 Å². The smallest absolute Gasteiger partial charge is 0.317 e. The van der Waals surface area contributed by atoms with Gasteiger partial charge in [-0.25, -0.2) is 0 Å². The maximum absolute atomic E-state index is 12.5. The van der Waals surface area contributed by atoms with E-state index in [1.54, 1.807) is 12.1 Å². The Kier molecular flexibility index (Phi) is 5.05. The van der Waals surface area contributed by atoms with Crippen molar-refractivity contribution in [3.05, 3.63) is 35.4 Å². The Hall–Kier alpha value is -1.07. The Balaban J connectivity index is 1.96. The van der Waals surface area contributed by atoms with Crippen molar-refractivity contribution < 1.29 is 13.2 Å². The largest absolute Gasteiger partial charge is 0.416 e. The fourth-order valence-electron chi connectivity index (χ4n) is 2.60. The van der Waals surface area contributed by atoms with Gasteiger partial charge in [0.25, 0.3) is 0 Å². The zero-order valence-electron chi connectivity index (χ0n) is 11.6. The summed E-state index contributed by atoms with van der Waals surface area (Å²) in [6.07, 6.45) is -0.956. The van der Waals surface area contributed by atoms with Crippen LogP contribution in [-0.4, -0.2) is 19.1 Å². The molecule has 1 aliphatic heterocycles. The lowest BCUT2D eigenvalue weighted by Crippen LogP contribution is -2.32. The van der Waals surface area contributed by atoms with Crippen LogP contribution in [0.2, 0.25) is 0 Å². The molecule has 0 amide bonds. The Bertz CT molecular complexity index is 406. The van der Waals surface area contributed by atoms with Crippen molar-refractivity contribution in [2.75, 3.05) is 13.1 Å². The van der Waals surface area contributed by atoms with E-state index in [0.29, 0.717) is 6.04 Å². The summed E-state index contributed by atoms with van der Waals surface area (Å²) in [5.74, 6) is 0. The lowest BCUT2D eigenvalue weighted by atomic mass is 10.0. The van der Waals surface area contributed by atoms with Crippen LogP contribution < -0.4 is 10.6 Å². The lowest BCUT2D eigenvalue weighted by molar-refractivity contribution is -0.137. The minimum absolute atomic E-state index is 0.0698. The van der Waals surface area contributed by atoms with Crippen molar-refractivity contribution in [1.29, 1.82) is 0 Å². The van der Waals surface area contributed by atoms with Gasteiger partial charge in [-0.3, -0.25) is 0 Å². The molecule has 1 aromatic carbocycles. The molecule has 2 N–H and O–H groups in total. The van der Waals surface area contributed by atoms with Crippen LogP contribution in [0.1, 0.15) is 43.4 Å². The van der Waals surface area contributed by atoms with Gasteiger partial charge >= 0.3 is 6.18 Å². The summed E-state index contributed by atoms with van der Waals surface area (Å²) in [7, 11) is 0. The molecular formula is C15H21F3N2. The zero-order chi connectivity index (χ0) is 14.6. The Morgan fingerprint density at radius 1 is 1.15 bits per heavy atom. The first kappa shape index (κ1) is 15.3. The summed E-state index contributed by atoms with van der Waals surface area (Å²) in [5, 5.41) is 6.86. The van der Waals surface area contributed by atoms with Gasteiger partial charge in [-0.05, 0) is 57.0 Å². The number of hydrogen-bond acceptors (Lipinski definition) is 2. The normalized spacial score (nSPS) is 22.3. The number of benzene rings is 1. The number of hydrogen-bond donors (Lipinski definition) is 2. The molecule has 1 saturated heterocycles. The second-order valence-corrected chi connectivity index (χ2v) is 5.39. The molecule has 0 spiro atoms. The molecule has 2 rings (SSSR count). The number of rotatable bonds is 3. The van der Waals surface area contributed by atoms with Gasteiger partial charge in [0.1, 0.15) is 0 Å². The van der Waals surface area contributed by atoms with Gasteiger partial charge in [0.05, 0.1) is 5.56 Å². The minimum Gasteiger partial charge on any atom is -0.317 e. The molecule has 0 radical (unpaired) electrons. The van der Waals surface area contributed by atoms with Gasteiger partial charge in [0.2, 0.25) is 0 Å². The lowest BCUT2D eigenvalue weighted by Gasteiger charge is -2.22. The molecule has 1 heterocycles. The molecule has 2 atom stereocenters. The second-order valence-electron chi connectivity index (χ2n) is 5.39. The molecule has 0 saturated carbocycles. The molecule has 1 fully saturated rings. The van der Waals surface area contributed by atoms with Crippen LogP contribution in [0.15, 0.2) is 24.3 Å². The van der Waals surface area contributed by atoms with E-state index in [1.807, 2.05) is 6.92 Å². The van der Waals surface area contributed by atoms with Gasteiger partial charge in [-0.1, -0.05) is 12.1 Å². The molecule has 2 nitrogen and oxygen atoms in total. The van der Waals surface area contributed by atoms with Gasteiger partial charge in [0.15, 0.2) is 0 Å². The molecule has 20 heavy (non-hydrogen) atoms. The van der Waals surface area contributed by atoms with E-state index in [2.05, 4.69) is 10.6 Å². The number of nitrogens with one attached hydrogen (secondary N) is 2. The molecule has 2 unspecified atom stereocenters. The van der Waals surface area contributed by atoms with Gasteiger partial charge < -0.3 is 10.6 Å². The van der Waals surface area contributed by atoms with E-state index in [-0.39, 0.29) is 6.04 Å². The maximum Gasteiger partial charge on any atom is 0.416 e. The third kappa shape index (κ3) is 4.21. The van der Waals surface area contributed by atoms with Crippen molar-refractivity contribution in [1.82, 2.24) is 10.6 Å². The van der Waals surface area contributed by atoms with E-state index in [0.717, 1.165) is 50.0 Å². The van der Waals surface area contributed by atoms with Crippen LogP contribution in [0, 0.1) is 0 Å². The summed E-state index contributed by atoms with van der Waals surface area (Å²) in [4.78, 5) is 0. The summed E-state index contributed by atoms with van der Waals surface area (Å²) in [5.41, 5.74) is 0.308. The van der Waals surface area contributed by atoms with Crippen LogP contribution in [0.3, 0.4) is 0 Å². The summed E-state index contributed by atoms with van der Waals surface area (Å²) in [6.45, 7) is 4.05. The van der Waals surface area contributed by atoms with Crippen LogP contribution in [0.25, 0.3) is 0 Å². The summed E-state index contributed by atoms with van der Waals surface area (Å²) >= 11 is 0. The molecule has 0 aromatic heterocycles. The van der Waals surface area contributed by atoms with Crippen molar-refractivity contribution >= 4 is 0 Å². The first-order valence-corrected chi connectivity index (χ1v) is 7.11. The fourth-order valence-corrected chi connectivity index (χ4v) is 2.60. The standard InChI is InChI=1S/C15H21F3N2/c1-11(20-14-3-2-9-19-10-8-14)12-4-6-13(7-5-12)15(16,17)18/h4-7,11,14,19-20H,2-3,8-10H2,1H3. The molecular weight excluding hydrogens is 265 g/mol.